The van der Waals surface area contributed by atoms with Gasteiger partial charge in [0.05, 0.1) is 17.1 Å². The molecule has 2 aromatic heterocycles. The smallest absolute Gasteiger partial charge is 0.261 e. The Kier molecular flexibility index (Phi) is 5.99. The maximum atomic E-state index is 13.0. The highest BCUT2D eigenvalue weighted by Crippen LogP contribution is 2.42. The molecule has 5 rings (SSSR count). The third kappa shape index (κ3) is 3.47. The van der Waals surface area contributed by atoms with Gasteiger partial charge in [0, 0.05) is 43.1 Å². The van der Waals surface area contributed by atoms with E-state index in [1.165, 1.54) is 12.7 Å². The molecule has 0 amide bonds. The maximum absolute atomic E-state index is 13.0. The average Bonchev–Trinajstić information content (AvgIpc) is 3.51. The molecule has 170 valence electrons. The number of para-hydroxylation sites is 1. The molecule has 1 fully saturated rings. The first kappa shape index (κ1) is 22.3. The summed E-state index contributed by atoms with van der Waals surface area (Å²) in [4.78, 5) is 28.1. The molecule has 1 saturated heterocycles. The molecule has 2 aliphatic heterocycles. The molecule has 2 atom stereocenters. The van der Waals surface area contributed by atoms with Crippen LogP contribution in [0.4, 0.5) is 5.69 Å². The van der Waals surface area contributed by atoms with E-state index in [1.54, 1.807) is 10.6 Å². The lowest BCUT2D eigenvalue weighted by molar-refractivity contribution is -0.111. The molecule has 1 aromatic carbocycles. The van der Waals surface area contributed by atoms with Crippen molar-refractivity contribution in [3.8, 4) is 0 Å². The monoisotopic (exact) mass is 435 g/mol. The Morgan fingerprint density at radius 1 is 1.25 bits per heavy atom. The van der Waals surface area contributed by atoms with Crippen LogP contribution in [-0.4, -0.2) is 41.4 Å². The van der Waals surface area contributed by atoms with E-state index in [1.807, 2.05) is 30.3 Å². The number of nitrogens with one attached hydrogen (secondary N) is 1. The van der Waals surface area contributed by atoms with Gasteiger partial charge in [0.25, 0.3) is 5.56 Å². The van der Waals surface area contributed by atoms with Crippen molar-refractivity contribution in [3.63, 3.8) is 0 Å². The second-order valence-electron chi connectivity index (χ2n) is 9.19. The van der Waals surface area contributed by atoms with Crippen LogP contribution in [0.2, 0.25) is 0 Å². The van der Waals surface area contributed by atoms with Gasteiger partial charge in [-0.05, 0) is 56.8 Å². The van der Waals surface area contributed by atoms with Crippen LogP contribution in [0, 0.1) is 5.92 Å². The fraction of sp³-hybridized carbons (Fsp3) is 0.462. The van der Waals surface area contributed by atoms with Gasteiger partial charge in [-0.25, -0.2) is 0 Å². The first-order valence-corrected chi connectivity index (χ1v) is 11.2. The molecule has 0 bridgehead atoms. The summed E-state index contributed by atoms with van der Waals surface area (Å²) < 4.78 is 7.26. The van der Waals surface area contributed by atoms with Crippen LogP contribution in [0.3, 0.4) is 0 Å². The number of benzene rings is 1. The number of aldehydes is 1. The topological polar surface area (TPSA) is 67.5 Å². The molecule has 1 N–H and O–H groups in total. The lowest BCUT2D eigenvalue weighted by atomic mass is 9.77. The van der Waals surface area contributed by atoms with E-state index in [9.17, 15) is 9.59 Å². The SMILES string of the molecule is C.CC(C)N1CCC(CNc2ccccc2C2(C=O)CCn3c2cc2occc2c3=O)C1. The summed E-state index contributed by atoms with van der Waals surface area (Å²) in [5.74, 6) is 0.587. The highest BCUT2D eigenvalue weighted by Gasteiger charge is 2.43. The minimum Gasteiger partial charge on any atom is -0.464 e. The van der Waals surface area contributed by atoms with Crippen LogP contribution in [-0.2, 0) is 16.8 Å². The van der Waals surface area contributed by atoms with Crippen molar-refractivity contribution in [3.05, 3.63) is 64.3 Å². The largest absolute Gasteiger partial charge is 0.464 e. The molecule has 3 aromatic rings. The number of hydrogen-bond acceptors (Lipinski definition) is 5. The number of aromatic nitrogens is 1. The minimum absolute atomic E-state index is 0. The molecular weight excluding hydrogens is 402 g/mol. The van der Waals surface area contributed by atoms with Crippen LogP contribution in [0.1, 0.15) is 45.4 Å². The number of fused-ring (bicyclic) bond motifs is 2. The van der Waals surface area contributed by atoms with Gasteiger partial charge >= 0.3 is 0 Å². The average molecular weight is 436 g/mol. The van der Waals surface area contributed by atoms with Crippen molar-refractivity contribution in [2.75, 3.05) is 25.0 Å². The van der Waals surface area contributed by atoms with Gasteiger partial charge in [-0.2, -0.15) is 0 Å². The van der Waals surface area contributed by atoms with E-state index >= 15 is 0 Å². The first-order valence-electron chi connectivity index (χ1n) is 11.2. The van der Waals surface area contributed by atoms with Gasteiger partial charge in [-0.15, -0.1) is 0 Å². The number of furan rings is 1. The normalized spacial score (nSPS) is 22.8. The Morgan fingerprint density at radius 2 is 2.06 bits per heavy atom. The van der Waals surface area contributed by atoms with Crippen LogP contribution in [0.15, 0.2) is 51.9 Å². The molecular formula is C26H33N3O3. The van der Waals surface area contributed by atoms with Gasteiger partial charge in [-0.3, -0.25) is 4.79 Å². The second-order valence-corrected chi connectivity index (χ2v) is 9.19. The summed E-state index contributed by atoms with van der Waals surface area (Å²) in [6.07, 6.45) is 4.29. The number of likely N-dealkylation sites (tertiary alicyclic amines) is 1. The number of pyridine rings is 1. The number of hydrogen-bond donors (Lipinski definition) is 1. The van der Waals surface area contributed by atoms with Gasteiger partial charge < -0.3 is 24.0 Å². The van der Waals surface area contributed by atoms with Crippen LogP contribution >= 0.6 is 0 Å². The van der Waals surface area contributed by atoms with Crippen LogP contribution < -0.4 is 10.9 Å². The number of carbonyl (C=O) groups is 1. The summed E-state index contributed by atoms with van der Waals surface area (Å²) in [5.41, 5.74) is 2.21. The number of anilines is 1. The van der Waals surface area contributed by atoms with E-state index in [0.29, 0.717) is 35.9 Å². The van der Waals surface area contributed by atoms with E-state index < -0.39 is 5.41 Å². The number of carbonyl (C=O) groups excluding carboxylic acids is 1. The quantitative estimate of drug-likeness (QED) is 0.586. The van der Waals surface area contributed by atoms with Gasteiger partial charge in [0.15, 0.2) is 0 Å². The predicted molar refractivity (Wildman–Crippen MR) is 128 cm³/mol. The van der Waals surface area contributed by atoms with Crippen molar-refractivity contribution in [1.29, 1.82) is 0 Å². The fourth-order valence-electron chi connectivity index (χ4n) is 5.31. The maximum Gasteiger partial charge on any atom is 0.261 e. The molecule has 0 aliphatic carbocycles. The highest BCUT2D eigenvalue weighted by atomic mass is 16.3. The summed E-state index contributed by atoms with van der Waals surface area (Å²) in [5, 5.41) is 4.19. The van der Waals surface area contributed by atoms with Crippen molar-refractivity contribution >= 4 is 22.9 Å². The number of rotatable bonds is 6. The third-order valence-electron chi connectivity index (χ3n) is 7.15. The third-order valence-corrected chi connectivity index (χ3v) is 7.15. The highest BCUT2D eigenvalue weighted by molar-refractivity contribution is 5.83. The molecule has 6 nitrogen and oxygen atoms in total. The minimum atomic E-state index is -0.858. The lowest BCUT2D eigenvalue weighted by Gasteiger charge is -2.27. The van der Waals surface area contributed by atoms with Crippen molar-refractivity contribution < 1.29 is 9.21 Å². The molecule has 0 spiro atoms. The molecule has 0 saturated carbocycles. The van der Waals surface area contributed by atoms with Crippen LogP contribution in [0.25, 0.3) is 11.0 Å². The zero-order chi connectivity index (χ0) is 21.6. The lowest BCUT2D eigenvalue weighted by Crippen LogP contribution is -2.31. The number of nitrogens with zero attached hydrogens (tertiary/aromatic N) is 2. The van der Waals surface area contributed by atoms with Gasteiger partial charge in [0.2, 0.25) is 0 Å². The van der Waals surface area contributed by atoms with Crippen molar-refractivity contribution in [2.45, 2.75) is 52.1 Å². The summed E-state index contributed by atoms with van der Waals surface area (Å²) >= 11 is 0. The zero-order valence-corrected chi connectivity index (χ0v) is 18.1. The first-order chi connectivity index (χ1) is 15.0. The molecule has 32 heavy (non-hydrogen) atoms. The van der Waals surface area contributed by atoms with Crippen molar-refractivity contribution in [2.24, 2.45) is 5.92 Å². The van der Waals surface area contributed by atoms with Crippen molar-refractivity contribution in [1.82, 2.24) is 9.47 Å². The fourth-order valence-corrected chi connectivity index (χ4v) is 5.31. The molecule has 2 aliphatic rings. The van der Waals surface area contributed by atoms with E-state index in [-0.39, 0.29) is 13.0 Å². The standard InChI is InChI=1S/C25H29N3O3.CH4/c1-17(2)27-10-7-18(15-27)14-26-21-6-4-3-5-20(21)25(16-29)9-11-28-23(25)13-22-19(24(28)30)8-12-31-22;/h3-6,8,12-13,16-18,26H,7,9-11,14-15H2,1-2H3;1H4. The summed E-state index contributed by atoms with van der Waals surface area (Å²) in [6, 6.07) is 12.2. The Labute approximate surface area is 189 Å². The van der Waals surface area contributed by atoms with Gasteiger partial charge in [-0.1, -0.05) is 25.6 Å². The van der Waals surface area contributed by atoms with E-state index in [0.717, 1.165) is 42.9 Å². The Bertz CT molecular complexity index is 1180. The molecule has 2 unspecified atom stereocenters. The zero-order valence-electron chi connectivity index (χ0n) is 18.1. The molecule has 4 heterocycles. The summed E-state index contributed by atoms with van der Waals surface area (Å²) in [6.45, 7) is 8.12. The Hall–Kier alpha value is -2.86. The second kappa shape index (κ2) is 8.58. The molecule has 6 heteroatoms. The molecule has 0 radical (unpaired) electrons. The van der Waals surface area contributed by atoms with E-state index in [2.05, 4.69) is 24.1 Å². The Balaban J connectivity index is 0.00000245. The summed E-state index contributed by atoms with van der Waals surface area (Å²) in [7, 11) is 0. The van der Waals surface area contributed by atoms with Gasteiger partial charge in [0.1, 0.15) is 11.9 Å². The Morgan fingerprint density at radius 3 is 2.81 bits per heavy atom. The predicted octanol–water partition coefficient (Wildman–Crippen LogP) is 4.26. The van der Waals surface area contributed by atoms with E-state index in [4.69, 9.17) is 4.42 Å². The van der Waals surface area contributed by atoms with Crippen LogP contribution in [0.5, 0.6) is 0 Å².